The fraction of sp³-hybridized carbons (Fsp3) is 0.333. The summed E-state index contributed by atoms with van der Waals surface area (Å²) in [6, 6.07) is 9.07. The van der Waals surface area contributed by atoms with E-state index >= 15 is 0 Å². The molecule has 0 saturated carbocycles. The van der Waals surface area contributed by atoms with Crippen LogP contribution in [0.5, 0.6) is 0 Å². The molecule has 0 unspecified atom stereocenters. The number of carboxylic acid groups (broad SMARTS) is 1. The fourth-order valence-electron chi connectivity index (χ4n) is 2.05. The summed E-state index contributed by atoms with van der Waals surface area (Å²) in [6.45, 7) is 4.45. The number of benzene rings is 1. The van der Waals surface area contributed by atoms with Crippen LogP contribution in [-0.4, -0.2) is 22.1 Å². The Labute approximate surface area is 122 Å². The molecule has 1 heterocycles. The van der Waals surface area contributed by atoms with Crippen molar-refractivity contribution in [2.24, 2.45) is 0 Å². The molecule has 2 rings (SSSR count). The summed E-state index contributed by atoms with van der Waals surface area (Å²) in [4.78, 5) is 16.8. The largest absolute Gasteiger partial charge is 0.480 e. The van der Waals surface area contributed by atoms with Crippen molar-refractivity contribution < 1.29 is 9.90 Å². The van der Waals surface area contributed by atoms with E-state index in [0.717, 1.165) is 21.1 Å². The Hall–Kier alpha value is -1.72. The van der Waals surface area contributed by atoms with Gasteiger partial charge in [0.2, 0.25) is 0 Å². The Bertz CT molecular complexity index is 581. The molecular formula is C15H18N2O2S. The first-order valence-corrected chi connectivity index (χ1v) is 7.31. The summed E-state index contributed by atoms with van der Waals surface area (Å²) in [5.41, 5.74) is 1.99. The van der Waals surface area contributed by atoms with Gasteiger partial charge >= 0.3 is 5.97 Å². The van der Waals surface area contributed by atoms with Gasteiger partial charge in [-0.1, -0.05) is 30.3 Å². The molecule has 0 bridgehead atoms. The molecule has 106 valence electrons. The van der Waals surface area contributed by atoms with Crippen LogP contribution in [0.2, 0.25) is 0 Å². The Kier molecular flexibility index (Phi) is 4.87. The van der Waals surface area contributed by atoms with E-state index in [9.17, 15) is 9.90 Å². The third-order valence-corrected chi connectivity index (χ3v) is 4.16. The lowest BCUT2D eigenvalue weighted by Gasteiger charge is -2.14. The number of carboxylic acids is 1. The van der Waals surface area contributed by atoms with Crippen LogP contribution >= 0.6 is 11.3 Å². The molecular weight excluding hydrogens is 272 g/mol. The van der Waals surface area contributed by atoms with Crippen molar-refractivity contribution in [3.63, 3.8) is 0 Å². The van der Waals surface area contributed by atoms with E-state index in [1.165, 1.54) is 0 Å². The first kappa shape index (κ1) is 14.7. The number of hydrogen-bond acceptors (Lipinski definition) is 4. The number of rotatable bonds is 6. The maximum Gasteiger partial charge on any atom is 0.321 e. The predicted molar refractivity (Wildman–Crippen MR) is 80.0 cm³/mol. The summed E-state index contributed by atoms with van der Waals surface area (Å²) >= 11 is 1.61. The van der Waals surface area contributed by atoms with Crippen molar-refractivity contribution in [3.8, 4) is 0 Å². The van der Waals surface area contributed by atoms with Gasteiger partial charge < -0.3 is 5.11 Å². The van der Waals surface area contributed by atoms with Crippen LogP contribution in [-0.2, 0) is 17.8 Å². The highest BCUT2D eigenvalue weighted by atomic mass is 32.1. The maximum absolute atomic E-state index is 11.3. The molecule has 0 aliphatic carbocycles. The Morgan fingerprint density at radius 1 is 1.35 bits per heavy atom. The number of thiazole rings is 1. The molecule has 20 heavy (non-hydrogen) atoms. The molecule has 0 aliphatic heterocycles. The number of aryl methyl sites for hydroxylation is 2. The van der Waals surface area contributed by atoms with Gasteiger partial charge in [0.25, 0.3) is 0 Å². The molecule has 4 nitrogen and oxygen atoms in total. The average Bonchev–Trinajstić information content (AvgIpc) is 2.73. The second kappa shape index (κ2) is 6.63. The van der Waals surface area contributed by atoms with Crippen molar-refractivity contribution in [3.05, 3.63) is 51.5 Å². The van der Waals surface area contributed by atoms with Crippen molar-refractivity contribution in [1.29, 1.82) is 0 Å². The smallest absolute Gasteiger partial charge is 0.321 e. The Balaban J connectivity index is 2.00. The third kappa shape index (κ3) is 3.88. The van der Waals surface area contributed by atoms with Gasteiger partial charge in [0.1, 0.15) is 6.04 Å². The quantitative estimate of drug-likeness (QED) is 0.858. The zero-order chi connectivity index (χ0) is 14.5. The summed E-state index contributed by atoms with van der Waals surface area (Å²) in [7, 11) is 0. The van der Waals surface area contributed by atoms with E-state index in [4.69, 9.17) is 0 Å². The molecule has 0 amide bonds. The topological polar surface area (TPSA) is 62.2 Å². The van der Waals surface area contributed by atoms with E-state index < -0.39 is 12.0 Å². The van der Waals surface area contributed by atoms with Gasteiger partial charge in [0.05, 0.1) is 10.7 Å². The predicted octanol–water partition coefficient (Wildman–Crippen LogP) is 2.55. The minimum Gasteiger partial charge on any atom is -0.480 e. The summed E-state index contributed by atoms with van der Waals surface area (Å²) in [6.07, 6.45) is 0.479. The minimum atomic E-state index is -0.826. The van der Waals surface area contributed by atoms with Gasteiger partial charge in [-0.2, -0.15) is 0 Å². The van der Waals surface area contributed by atoms with E-state index in [0.29, 0.717) is 13.0 Å². The highest BCUT2D eigenvalue weighted by Crippen LogP contribution is 2.17. The normalized spacial score (nSPS) is 12.3. The molecule has 5 heteroatoms. The molecule has 0 fully saturated rings. The van der Waals surface area contributed by atoms with E-state index in [1.54, 1.807) is 11.3 Å². The zero-order valence-electron chi connectivity index (χ0n) is 11.6. The summed E-state index contributed by atoms with van der Waals surface area (Å²) in [5.74, 6) is -0.826. The van der Waals surface area contributed by atoms with E-state index in [-0.39, 0.29) is 0 Å². The third-order valence-electron chi connectivity index (χ3n) is 3.09. The van der Waals surface area contributed by atoms with Crippen molar-refractivity contribution in [1.82, 2.24) is 10.3 Å². The molecule has 0 spiro atoms. The van der Waals surface area contributed by atoms with Crippen LogP contribution in [0, 0.1) is 13.8 Å². The van der Waals surface area contributed by atoms with Crippen molar-refractivity contribution >= 4 is 17.3 Å². The van der Waals surface area contributed by atoms with E-state index in [1.807, 2.05) is 44.2 Å². The highest BCUT2D eigenvalue weighted by Gasteiger charge is 2.18. The molecule has 0 aliphatic rings. The van der Waals surface area contributed by atoms with Crippen molar-refractivity contribution in [2.75, 3.05) is 0 Å². The second-order valence-electron chi connectivity index (χ2n) is 4.70. The zero-order valence-corrected chi connectivity index (χ0v) is 12.4. The monoisotopic (exact) mass is 290 g/mol. The van der Waals surface area contributed by atoms with Crippen LogP contribution in [0.1, 0.15) is 21.1 Å². The van der Waals surface area contributed by atoms with Gasteiger partial charge in [-0.15, -0.1) is 11.3 Å². The molecule has 1 aromatic carbocycles. The Morgan fingerprint density at radius 3 is 2.60 bits per heavy atom. The van der Waals surface area contributed by atoms with Gasteiger partial charge in [-0.05, 0) is 25.8 Å². The second-order valence-corrected chi connectivity index (χ2v) is 5.99. The van der Waals surface area contributed by atoms with Crippen LogP contribution in [0.3, 0.4) is 0 Å². The van der Waals surface area contributed by atoms with E-state index in [2.05, 4.69) is 10.3 Å². The first-order valence-electron chi connectivity index (χ1n) is 6.49. The number of carbonyl (C=O) groups is 1. The number of aliphatic carboxylic acids is 1. The van der Waals surface area contributed by atoms with Crippen LogP contribution in [0.15, 0.2) is 30.3 Å². The number of aromatic nitrogens is 1. The SMILES string of the molecule is Cc1nc(C)c(CN[C@@H](Cc2ccccc2)C(=O)O)s1. The highest BCUT2D eigenvalue weighted by molar-refractivity contribution is 7.11. The summed E-state index contributed by atoms with van der Waals surface area (Å²) < 4.78 is 0. The lowest BCUT2D eigenvalue weighted by Crippen LogP contribution is -2.38. The standard InChI is InChI=1S/C15H18N2O2S/c1-10-14(20-11(2)17-10)9-16-13(15(18)19)8-12-6-4-3-5-7-12/h3-7,13,16H,8-9H2,1-2H3,(H,18,19)/t13-/m0/s1. The van der Waals surface area contributed by atoms with Gasteiger partial charge in [-0.25, -0.2) is 4.98 Å². The molecule has 0 saturated heterocycles. The van der Waals surface area contributed by atoms with Gasteiger partial charge in [-0.3, -0.25) is 10.1 Å². The summed E-state index contributed by atoms with van der Waals surface area (Å²) in [5, 5.41) is 13.4. The Morgan fingerprint density at radius 2 is 2.05 bits per heavy atom. The van der Waals surface area contributed by atoms with Crippen LogP contribution in [0.4, 0.5) is 0 Å². The molecule has 1 aromatic heterocycles. The lowest BCUT2D eigenvalue weighted by molar-refractivity contribution is -0.139. The average molecular weight is 290 g/mol. The fourth-order valence-corrected chi connectivity index (χ4v) is 2.94. The molecule has 0 radical (unpaired) electrons. The number of nitrogens with zero attached hydrogens (tertiary/aromatic N) is 1. The molecule has 2 N–H and O–H groups in total. The lowest BCUT2D eigenvalue weighted by atomic mass is 10.1. The first-order chi connectivity index (χ1) is 9.56. The van der Waals surface area contributed by atoms with Crippen LogP contribution in [0.25, 0.3) is 0 Å². The number of hydrogen-bond donors (Lipinski definition) is 2. The van der Waals surface area contributed by atoms with Gasteiger partial charge in [0.15, 0.2) is 0 Å². The molecule has 2 aromatic rings. The minimum absolute atomic E-state index is 0.479. The molecule has 1 atom stereocenters. The van der Waals surface area contributed by atoms with Crippen LogP contribution < -0.4 is 5.32 Å². The number of nitrogens with one attached hydrogen (secondary N) is 1. The van der Waals surface area contributed by atoms with Crippen molar-refractivity contribution in [2.45, 2.75) is 32.9 Å². The van der Waals surface area contributed by atoms with Gasteiger partial charge in [0, 0.05) is 11.4 Å². The maximum atomic E-state index is 11.3.